The molecule has 146 valence electrons. The third-order valence-corrected chi connectivity index (χ3v) is 4.81. The predicted octanol–water partition coefficient (Wildman–Crippen LogP) is 1.78. The van der Waals surface area contributed by atoms with Gasteiger partial charge in [-0.25, -0.2) is 4.98 Å². The number of hydrogen-bond acceptors (Lipinski definition) is 5. The quantitative estimate of drug-likeness (QED) is 0.688. The van der Waals surface area contributed by atoms with Gasteiger partial charge < -0.3 is 15.2 Å². The molecule has 0 atom stereocenters. The number of aliphatic hydroxyl groups excluding tert-OH is 1. The SMILES string of the molecule is O=C(COc1ccc2nc3n(c(=O)c2c1)CCCCC3)NCCCCCO. The molecule has 0 unspecified atom stereocenters. The maximum atomic E-state index is 12.8. The zero-order chi connectivity index (χ0) is 19.1. The van der Waals surface area contributed by atoms with Crippen LogP contribution in [0.2, 0.25) is 0 Å². The van der Waals surface area contributed by atoms with Gasteiger partial charge in [-0.3, -0.25) is 14.2 Å². The molecule has 0 saturated heterocycles. The highest BCUT2D eigenvalue weighted by atomic mass is 16.5. The third-order valence-electron chi connectivity index (χ3n) is 4.81. The summed E-state index contributed by atoms with van der Waals surface area (Å²) in [5.41, 5.74) is 0.643. The lowest BCUT2D eigenvalue weighted by atomic mass is 10.2. The average Bonchev–Trinajstić information content (AvgIpc) is 2.92. The van der Waals surface area contributed by atoms with Crippen LogP contribution < -0.4 is 15.6 Å². The van der Waals surface area contributed by atoms with E-state index in [1.807, 2.05) is 0 Å². The fourth-order valence-corrected chi connectivity index (χ4v) is 3.33. The fraction of sp³-hybridized carbons (Fsp3) is 0.550. The molecule has 27 heavy (non-hydrogen) atoms. The second kappa shape index (κ2) is 9.50. The summed E-state index contributed by atoms with van der Waals surface area (Å²) in [7, 11) is 0. The Morgan fingerprint density at radius 3 is 2.96 bits per heavy atom. The Labute approximate surface area is 158 Å². The molecule has 1 aromatic heterocycles. The standard InChI is InChI=1S/C20H27N3O4/c24-12-6-2-4-10-21-19(25)14-27-15-8-9-17-16(13-15)20(26)23-11-5-1-3-7-18(23)22-17/h8-9,13,24H,1-7,10-12,14H2,(H,21,25). The highest BCUT2D eigenvalue weighted by Crippen LogP contribution is 2.19. The number of benzene rings is 1. The molecule has 2 N–H and O–H groups in total. The second-order valence-electron chi connectivity index (χ2n) is 6.90. The Kier molecular flexibility index (Phi) is 6.81. The minimum absolute atomic E-state index is 0.0318. The number of carbonyl (C=O) groups is 1. The smallest absolute Gasteiger partial charge is 0.261 e. The van der Waals surface area contributed by atoms with Gasteiger partial charge in [0.15, 0.2) is 6.61 Å². The van der Waals surface area contributed by atoms with Crippen molar-refractivity contribution in [1.29, 1.82) is 0 Å². The van der Waals surface area contributed by atoms with Crippen molar-refractivity contribution in [2.45, 2.75) is 51.5 Å². The lowest BCUT2D eigenvalue weighted by molar-refractivity contribution is -0.123. The van der Waals surface area contributed by atoms with E-state index in [4.69, 9.17) is 9.84 Å². The summed E-state index contributed by atoms with van der Waals surface area (Å²) < 4.78 is 7.33. The van der Waals surface area contributed by atoms with Gasteiger partial charge in [0.25, 0.3) is 11.5 Å². The molecule has 1 amide bonds. The number of aliphatic hydroxyl groups is 1. The van der Waals surface area contributed by atoms with Crippen LogP contribution in [0, 0.1) is 0 Å². The molecule has 0 radical (unpaired) electrons. The van der Waals surface area contributed by atoms with E-state index in [-0.39, 0.29) is 24.7 Å². The van der Waals surface area contributed by atoms with Crippen molar-refractivity contribution in [3.05, 3.63) is 34.4 Å². The first kappa shape index (κ1) is 19.4. The first-order valence-electron chi connectivity index (χ1n) is 9.73. The molecule has 0 spiro atoms. The van der Waals surface area contributed by atoms with E-state index in [0.717, 1.165) is 50.8 Å². The van der Waals surface area contributed by atoms with E-state index in [0.29, 0.717) is 29.7 Å². The first-order chi connectivity index (χ1) is 13.2. The molecule has 7 heteroatoms. The molecular formula is C20H27N3O4. The van der Waals surface area contributed by atoms with Gasteiger partial charge in [-0.1, -0.05) is 6.42 Å². The number of fused-ring (bicyclic) bond motifs is 2. The van der Waals surface area contributed by atoms with Gasteiger partial charge in [0, 0.05) is 26.1 Å². The summed E-state index contributed by atoms with van der Waals surface area (Å²) in [4.78, 5) is 29.3. The molecule has 3 rings (SSSR count). The van der Waals surface area contributed by atoms with Crippen LogP contribution in [-0.2, 0) is 17.8 Å². The number of amides is 1. The van der Waals surface area contributed by atoms with Crippen molar-refractivity contribution in [2.24, 2.45) is 0 Å². The third kappa shape index (κ3) is 5.07. The number of rotatable bonds is 8. The average molecular weight is 373 g/mol. The topological polar surface area (TPSA) is 93.5 Å². The normalized spacial score (nSPS) is 13.8. The van der Waals surface area contributed by atoms with E-state index in [1.165, 1.54) is 0 Å². The number of aryl methyl sites for hydroxylation is 1. The summed E-state index contributed by atoms with van der Waals surface area (Å²) in [6.45, 7) is 1.36. The zero-order valence-electron chi connectivity index (χ0n) is 15.6. The molecule has 2 aromatic rings. The Morgan fingerprint density at radius 2 is 2.11 bits per heavy atom. The first-order valence-corrected chi connectivity index (χ1v) is 9.73. The lowest BCUT2D eigenvalue weighted by Gasteiger charge is -2.11. The van der Waals surface area contributed by atoms with Crippen molar-refractivity contribution in [1.82, 2.24) is 14.9 Å². The van der Waals surface area contributed by atoms with E-state index >= 15 is 0 Å². The molecule has 0 aliphatic carbocycles. The Balaban J connectivity index is 1.63. The molecular weight excluding hydrogens is 346 g/mol. The van der Waals surface area contributed by atoms with E-state index in [2.05, 4.69) is 10.3 Å². The van der Waals surface area contributed by atoms with Crippen molar-refractivity contribution < 1.29 is 14.6 Å². The largest absolute Gasteiger partial charge is 0.484 e. The number of ether oxygens (including phenoxy) is 1. The van der Waals surface area contributed by atoms with Crippen LogP contribution in [-0.4, -0.2) is 40.3 Å². The Bertz CT molecular complexity index is 847. The second-order valence-corrected chi connectivity index (χ2v) is 6.90. The highest BCUT2D eigenvalue weighted by molar-refractivity contribution is 5.80. The zero-order valence-corrected chi connectivity index (χ0v) is 15.6. The van der Waals surface area contributed by atoms with Crippen LogP contribution >= 0.6 is 0 Å². The maximum Gasteiger partial charge on any atom is 0.261 e. The number of unbranched alkanes of at least 4 members (excludes halogenated alkanes) is 2. The molecule has 0 bridgehead atoms. The minimum atomic E-state index is -0.198. The van der Waals surface area contributed by atoms with Crippen molar-refractivity contribution in [2.75, 3.05) is 19.8 Å². The molecule has 0 fully saturated rings. The minimum Gasteiger partial charge on any atom is -0.484 e. The van der Waals surface area contributed by atoms with Crippen LogP contribution in [0.4, 0.5) is 0 Å². The lowest BCUT2D eigenvalue weighted by Crippen LogP contribution is -2.29. The van der Waals surface area contributed by atoms with Gasteiger partial charge in [-0.2, -0.15) is 0 Å². The number of nitrogens with zero attached hydrogens (tertiary/aromatic N) is 2. The van der Waals surface area contributed by atoms with E-state index in [1.54, 1.807) is 22.8 Å². The van der Waals surface area contributed by atoms with Crippen molar-refractivity contribution in [3.63, 3.8) is 0 Å². The predicted molar refractivity (Wildman–Crippen MR) is 103 cm³/mol. The van der Waals surface area contributed by atoms with Crippen molar-refractivity contribution >= 4 is 16.8 Å². The molecule has 0 saturated carbocycles. The van der Waals surface area contributed by atoms with Gasteiger partial charge in [0.1, 0.15) is 11.6 Å². The number of hydrogen-bond donors (Lipinski definition) is 2. The van der Waals surface area contributed by atoms with Crippen molar-refractivity contribution in [3.8, 4) is 5.75 Å². The van der Waals surface area contributed by atoms with Crippen LogP contribution in [0.15, 0.2) is 23.0 Å². The summed E-state index contributed by atoms with van der Waals surface area (Å²) >= 11 is 0. The monoisotopic (exact) mass is 373 g/mol. The molecule has 7 nitrogen and oxygen atoms in total. The molecule has 2 heterocycles. The summed E-state index contributed by atoms with van der Waals surface area (Å²) in [5, 5.41) is 12.0. The van der Waals surface area contributed by atoms with E-state index in [9.17, 15) is 9.59 Å². The van der Waals surface area contributed by atoms with E-state index < -0.39 is 0 Å². The van der Waals surface area contributed by atoms with Crippen LogP contribution in [0.1, 0.15) is 44.3 Å². The number of nitrogens with one attached hydrogen (secondary N) is 1. The Morgan fingerprint density at radius 1 is 1.22 bits per heavy atom. The highest BCUT2D eigenvalue weighted by Gasteiger charge is 2.14. The van der Waals surface area contributed by atoms with Gasteiger partial charge in [0.05, 0.1) is 10.9 Å². The maximum absolute atomic E-state index is 12.8. The summed E-state index contributed by atoms with van der Waals surface area (Å²) in [6, 6.07) is 5.21. The van der Waals surface area contributed by atoms with Crippen LogP contribution in [0.5, 0.6) is 5.75 Å². The molecule has 1 aliphatic rings. The van der Waals surface area contributed by atoms with Crippen LogP contribution in [0.3, 0.4) is 0 Å². The summed E-state index contributed by atoms with van der Waals surface area (Å²) in [5.74, 6) is 1.15. The van der Waals surface area contributed by atoms with Crippen LogP contribution in [0.25, 0.3) is 10.9 Å². The number of aromatic nitrogens is 2. The van der Waals surface area contributed by atoms with Gasteiger partial charge in [-0.15, -0.1) is 0 Å². The van der Waals surface area contributed by atoms with Gasteiger partial charge in [-0.05, 0) is 50.3 Å². The number of carbonyl (C=O) groups excluding carboxylic acids is 1. The van der Waals surface area contributed by atoms with Gasteiger partial charge >= 0.3 is 0 Å². The Hall–Kier alpha value is -2.41. The van der Waals surface area contributed by atoms with Gasteiger partial charge in [0.2, 0.25) is 0 Å². The molecule has 1 aliphatic heterocycles. The molecule has 1 aromatic carbocycles. The summed E-state index contributed by atoms with van der Waals surface area (Å²) in [6.07, 6.45) is 6.46. The fourth-order valence-electron chi connectivity index (χ4n) is 3.33.